The Kier molecular flexibility index (Phi) is 10.0. The summed E-state index contributed by atoms with van der Waals surface area (Å²) >= 11 is 12.5. The number of benzene rings is 2. The molecular weight excluding hydrogens is 615 g/mol. The fourth-order valence-corrected chi connectivity index (χ4v) is 6.34. The van der Waals surface area contributed by atoms with Crippen LogP contribution in [-0.4, -0.2) is 92.0 Å². The van der Waals surface area contributed by atoms with Gasteiger partial charge >= 0.3 is 6.09 Å². The first-order valence-corrected chi connectivity index (χ1v) is 16.2. The van der Waals surface area contributed by atoms with Crippen molar-refractivity contribution < 1.29 is 19.1 Å². The first-order chi connectivity index (χ1) is 21.4. The summed E-state index contributed by atoms with van der Waals surface area (Å²) in [5, 5.41) is 9.53. The molecule has 240 valence electrons. The van der Waals surface area contributed by atoms with E-state index in [0.717, 1.165) is 31.2 Å². The minimum Gasteiger partial charge on any atom is -0.444 e. The van der Waals surface area contributed by atoms with Gasteiger partial charge < -0.3 is 19.4 Å². The maximum atomic E-state index is 13.7. The Labute approximate surface area is 274 Å². The number of hydrogen-bond donors (Lipinski definition) is 0. The van der Waals surface area contributed by atoms with Crippen LogP contribution in [0.25, 0.3) is 11.3 Å². The number of halogens is 2. The van der Waals surface area contributed by atoms with Gasteiger partial charge in [-0.15, -0.1) is 5.10 Å². The average molecular weight is 656 g/mol. The molecule has 0 aliphatic carbocycles. The normalized spacial score (nSPS) is 17.8. The van der Waals surface area contributed by atoms with Gasteiger partial charge in [-0.05, 0) is 64.3 Å². The van der Waals surface area contributed by atoms with E-state index in [2.05, 4.69) is 17.2 Å². The summed E-state index contributed by atoms with van der Waals surface area (Å²) in [6.07, 6.45) is 4.58. The van der Waals surface area contributed by atoms with Crippen LogP contribution in [0.5, 0.6) is 0 Å². The molecule has 10 nitrogen and oxygen atoms in total. The zero-order valence-corrected chi connectivity index (χ0v) is 27.7. The number of nitrogens with zero attached hydrogens (tertiary/aromatic N) is 6. The summed E-state index contributed by atoms with van der Waals surface area (Å²) in [5.41, 5.74) is 1.74. The lowest BCUT2D eigenvalue weighted by atomic mass is 10.0. The third-order valence-corrected chi connectivity index (χ3v) is 9.06. The summed E-state index contributed by atoms with van der Waals surface area (Å²) < 4.78 is 7.40. The molecular formula is C33H40Cl2N6O4. The number of rotatable bonds is 6. The van der Waals surface area contributed by atoms with Crippen molar-refractivity contribution in [1.82, 2.24) is 29.7 Å². The van der Waals surface area contributed by atoms with Crippen molar-refractivity contribution in [3.05, 3.63) is 69.8 Å². The lowest BCUT2D eigenvalue weighted by molar-refractivity contribution is 0.00340. The smallest absolute Gasteiger partial charge is 0.410 e. The molecule has 2 saturated heterocycles. The van der Waals surface area contributed by atoms with E-state index in [0.29, 0.717) is 59.6 Å². The molecule has 0 spiro atoms. The van der Waals surface area contributed by atoms with Gasteiger partial charge in [-0.2, -0.15) is 0 Å². The lowest BCUT2D eigenvalue weighted by Crippen LogP contribution is -2.57. The van der Waals surface area contributed by atoms with Crippen LogP contribution in [0.1, 0.15) is 80.1 Å². The number of aromatic nitrogens is 3. The highest BCUT2D eigenvalue weighted by atomic mass is 35.5. The second-order valence-electron chi connectivity index (χ2n) is 12.7. The Morgan fingerprint density at radius 3 is 2.31 bits per heavy atom. The number of piperazine rings is 1. The molecule has 3 heterocycles. The van der Waals surface area contributed by atoms with Crippen LogP contribution in [0.4, 0.5) is 4.79 Å². The molecule has 2 aliphatic heterocycles. The fourth-order valence-electron chi connectivity index (χ4n) is 5.94. The standard InChI is InChI=1S/C33H40Cl2N6O4/c1-5-8-25-20-39(32(44)45-33(2,3)4)17-18-40(25)31(43)23-10-6-9-22(19-23)30(42)38-15-13-24(14-16-38)41-21-28(36-37-41)26-11-7-12-27(34)29(26)35/h6-7,9-12,19,21,24-25H,5,8,13-18,20H2,1-4H3. The molecule has 0 saturated carbocycles. The van der Waals surface area contributed by atoms with Gasteiger partial charge in [0.2, 0.25) is 0 Å². The number of hydrogen-bond acceptors (Lipinski definition) is 6. The van der Waals surface area contributed by atoms with Gasteiger partial charge in [0.25, 0.3) is 11.8 Å². The molecule has 2 aromatic carbocycles. The van der Waals surface area contributed by atoms with Gasteiger partial charge in [-0.1, -0.05) is 60.0 Å². The SMILES string of the molecule is CCCC1CN(C(=O)OC(C)(C)C)CCN1C(=O)c1cccc(C(=O)N2CCC(n3cc(-c4cccc(Cl)c4Cl)nn3)CC2)c1. The zero-order chi connectivity index (χ0) is 32.3. The molecule has 12 heteroatoms. The quantitative estimate of drug-likeness (QED) is 0.297. The molecule has 0 bridgehead atoms. The molecule has 1 unspecified atom stereocenters. The Morgan fingerprint density at radius 2 is 1.62 bits per heavy atom. The number of ether oxygens (including phenoxy) is 1. The van der Waals surface area contributed by atoms with E-state index >= 15 is 0 Å². The van der Waals surface area contributed by atoms with Crippen LogP contribution in [0.15, 0.2) is 48.7 Å². The van der Waals surface area contributed by atoms with E-state index in [-0.39, 0.29) is 30.0 Å². The van der Waals surface area contributed by atoms with Crippen LogP contribution in [0, 0.1) is 0 Å². The van der Waals surface area contributed by atoms with Crippen molar-refractivity contribution >= 4 is 41.1 Å². The average Bonchev–Trinajstić information content (AvgIpc) is 3.51. The van der Waals surface area contributed by atoms with E-state index in [1.165, 1.54) is 0 Å². The Bertz CT molecular complexity index is 1550. The van der Waals surface area contributed by atoms with Crippen molar-refractivity contribution in [2.45, 2.75) is 71.1 Å². The molecule has 3 amide bonds. The summed E-state index contributed by atoms with van der Waals surface area (Å²) in [5.74, 6) is -0.236. The first kappa shape index (κ1) is 32.8. The number of amides is 3. The van der Waals surface area contributed by atoms with Gasteiger partial charge in [0.05, 0.1) is 22.3 Å². The Balaban J connectivity index is 1.21. The Morgan fingerprint density at radius 1 is 0.933 bits per heavy atom. The summed E-state index contributed by atoms with van der Waals surface area (Å²) in [7, 11) is 0. The Hall–Kier alpha value is -3.63. The van der Waals surface area contributed by atoms with Gasteiger partial charge in [0, 0.05) is 55.5 Å². The summed E-state index contributed by atoms with van der Waals surface area (Å²) in [6, 6.07) is 12.3. The number of carbonyl (C=O) groups is 3. The molecule has 2 aliphatic rings. The number of likely N-dealkylation sites (tertiary alicyclic amines) is 1. The van der Waals surface area contributed by atoms with Crippen molar-refractivity contribution in [2.24, 2.45) is 0 Å². The third kappa shape index (κ3) is 7.61. The van der Waals surface area contributed by atoms with Crippen LogP contribution in [0.2, 0.25) is 10.0 Å². The van der Waals surface area contributed by atoms with Gasteiger partial charge in [-0.25, -0.2) is 9.48 Å². The first-order valence-electron chi connectivity index (χ1n) is 15.5. The lowest BCUT2D eigenvalue weighted by Gasteiger charge is -2.41. The third-order valence-electron chi connectivity index (χ3n) is 8.24. The molecule has 0 N–H and O–H groups in total. The summed E-state index contributed by atoms with van der Waals surface area (Å²) in [6.45, 7) is 9.93. The minimum absolute atomic E-state index is 0.0935. The molecule has 1 atom stereocenters. The highest BCUT2D eigenvalue weighted by Gasteiger charge is 2.35. The number of carbonyl (C=O) groups excluding carboxylic acids is 3. The van der Waals surface area contributed by atoms with Crippen LogP contribution >= 0.6 is 23.2 Å². The van der Waals surface area contributed by atoms with E-state index in [9.17, 15) is 14.4 Å². The molecule has 5 rings (SSSR count). The largest absolute Gasteiger partial charge is 0.444 e. The van der Waals surface area contributed by atoms with Gasteiger partial charge in [0.15, 0.2) is 0 Å². The predicted molar refractivity (Wildman–Crippen MR) is 174 cm³/mol. The maximum Gasteiger partial charge on any atom is 0.410 e. The zero-order valence-electron chi connectivity index (χ0n) is 26.2. The molecule has 3 aromatic rings. The predicted octanol–water partition coefficient (Wildman–Crippen LogP) is 6.59. The van der Waals surface area contributed by atoms with E-state index in [1.54, 1.807) is 35.2 Å². The van der Waals surface area contributed by atoms with Gasteiger partial charge in [0.1, 0.15) is 11.3 Å². The van der Waals surface area contributed by atoms with Crippen molar-refractivity contribution in [3.8, 4) is 11.3 Å². The highest BCUT2D eigenvalue weighted by Crippen LogP contribution is 2.33. The van der Waals surface area contributed by atoms with E-state index in [1.807, 2.05) is 53.6 Å². The fraction of sp³-hybridized carbons (Fsp3) is 0.485. The van der Waals surface area contributed by atoms with Crippen LogP contribution in [0.3, 0.4) is 0 Å². The molecule has 45 heavy (non-hydrogen) atoms. The monoisotopic (exact) mass is 654 g/mol. The second-order valence-corrected chi connectivity index (χ2v) is 13.4. The van der Waals surface area contributed by atoms with Gasteiger partial charge in [-0.3, -0.25) is 9.59 Å². The number of piperidine rings is 1. The van der Waals surface area contributed by atoms with Crippen molar-refractivity contribution in [2.75, 3.05) is 32.7 Å². The van der Waals surface area contributed by atoms with E-state index < -0.39 is 5.60 Å². The molecule has 1 aromatic heterocycles. The van der Waals surface area contributed by atoms with Crippen molar-refractivity contribution in [3.63, 3.8) is 0 Å². The second kappa shape index (κ2) is 13.8. The topological polar surface area (TPSA) is 101 Å². The summed E-state index contributed by atoms with van der Waals surface area (Å²) in [4.78, 5) is 45.3. The van der Waals surface area contributed by atoms with E-state index in [4.69, 9.17) is 27.9 Å². The molecule has 0 radical (unpaired) electrons. The highest BCUT2D eigenvalue weighted by molar-refractivity contribution is 6.43. The maximum absolute atomic E-state index is 13.7. The minimum atomic E-state index is -0.584. The molecule has 2 fully saturated rings. The van der Waals surface area contributed by atoms with Crippen molar-refractivity contribution in [1.29, 1.82) is 0 Å². The van der Waals surface area contributed by atoms with Crippen LogP contribution < -0.4 is 0 Å². The van der Waals surface area contributed by atoms with Crippen LogP contribution in [-0.2, 0) is 4.74 Å².